The predicted molar refractivity (Wildman–Crippen MR) is 86.4 cm³/mol. The van der Waals surface area contributed by atoms with Crippen LogP contribution in [0.2, 0.25) is 5.15 Å². The van der Waals surface area contributed by atoms with Gasteiger partial charge in [0.1, 0.15) is 5.97 Å². The molecule has 2 N–H and O–H groups in total. The fourth-order valence-corrected chi connectivity index (χ4v) is 2.02. The highest BCUT2D eigenvalue weighted by atomic mass is 35.5. The summed E-state index contributed by atoms with van der Waals surface area (Å²) < 4.78 is 46.7. The lowest BCUT2D eigenvalue weighted by molar-refractivity contribution is -0.515. The normalized spacial score (nSPS) is 12.9. The van der Waals surface area contributed by atoms with Crippen molar-refractivity contribution in [1.29, 1.82) is 0 Å². The second kappa shape index (κ2) is 8.12. The van der Waals surface area contributed by atoms with Gasteiger partial charge in [-0.3, -0.25) is 4.79 Å². The zero-order valence-electron chi connectivity index (χ0n) is 14.9. The SMILES string of the molecule is CC(NC(=O)c1[nH]c(Cl)c2c(F)ccc[n+]12)C(C)(C)C.O=C([O-])C(F)(F)F. The molecule has 0 aliphatic heterocycles. The number of alkyl halides is 3. The van der Waals surface area contributed by atoms with E-state index in [1.54, 1.807) is 6.20 Å². The number of carboxylic acid groups (broad SMARTS) is 1. The maximum Gasteiger partial charge on any atom is 0.430 e. The number of halogens is 5. The van der Waals surface area contributed by atoms with Crippen LogP contribution in [-0.2, 0) is 4.79 Å². The minimum absolute atomic E-state index is 0.0405. The van der Waals surface area contributed by atoms with Crippen LogP contribution in [0.3, 0.4) is 0 Å². The van der Waals surface area contributed by atoms with Crippen molar-refractivity contribution < 1.29 is 36.7 Å². The topological polar surface area (TPSA) is 89.1 Å². The Morgan fingerprint density at radius 2 is 1.81 bits per heavy atom. The van der Waals surface area contributed by atoms with E-state index in [1.807, 2.05) is 27.7 Å². The zero-order valence-corrected chi connectivity index (χ0v) is 15.6. The lowest BCUT2D eigenvalue weighted by Crippen LogP contribution is -2.44. The number of nitrogens with zero attached hydrogens (tertiary/aromatic N) is 1. The van der Waals surface area contributed by atoms with Gasteiger partial charge in [-0.15, -0.1) is 0 Å². The average Bonchev–Trinajstić information content (AvgIpc) is 2.84. The largest absolute Gasteiger partial charge is 0.542 e. The summed E-state index contributed by atoms with van der Waals surface area (Å²) in [5.41, 5.74) is 0.0975. The second-order valence-corrected chi connectivity index (χ2v) is 7.09. The van der Waals surface area contributed by atoms with Crippen molar-refractivity contribution in [3.63, 3.8) is 0 Å². The van der Waals surface area contributed by atoms with Gasteiger partial charge < -0.3 is 15.2 Å². The van der Waals surface area contributed by atoms with Gasteiger partial charge in [-0.2, -0.15) is 17.6 Å². The maximum absolute atomic E-state index is 13.7. The summed E-state index contributed by atoms with van der Waals surface area (Å²) in [6, 6.07) is 2.78. The number of hydrogen-bond acceptors (Lipinski definition) is 3. The molecule has 0 bridgehead atoms. The molecule has 0 aromatic carbocycles. The van der Waals surface area contributed by atoms with Crippen LogP contribution in [0, 0.1) is 11.2 Å². The first kappa shape index (κ1) is 22.7. The fraction of sp³-hybridized carbons (Fsp3) is 0.438. The Kier molecular flexibility index (Phi) is 6.82. The third kappa shape index (κ3) is 5.81. The van der Waals surface area contributed by atoms with E-state index >= 15 is 0 Å². The number of imidazole rings is 1. The smallest absolute Gasteiger partial charge is 0.430 e. The van der Waals surface area contributed by atoms with Gasteiger partial charge in [0.15, 0.2) is 5.82 Å². The van der Waals surface area contributed by atoms with E-state index in [4.69, 9.17) is 21.5 Å². The molecular formula is C16H18ClF4N3O3. The highest BCUT2D eigenvalue weighted by Crippen LogP contribution is 2.20. The number of fused-ring (bicyclic) bond motifs is 1. The molecule has 1 amide bonds. The van der Waals surface area contributed by atoms with Crippen molar-refractivity contribution in [3.05, 3.63) is 35.1 Å². The Labute approximate surface area is 157 Å². The van der Waals surface area contributed by atoms with Crippen molar-refractivity contribution in [2.75, 3.05) is 0 Å². The van der Waals surface area contributed by atoms with Crippen LogP contribution in [0.25, 0.3) is 5.52 Å². The molecule has 0 saturated carbocycles. The quantitative estimate of drug-likeness (QED) is 0.585. The van der Waals surface area contributed by atoms with Crippen molar-refractivity contribution in [2.45, 2.75) is 39.9 Å². The molecule has 0 saturated heterocycles. The number of nitrogens with one attached hydrogen (secondary N) is 2. The summed E-state index contributed by atoms with van der Waals surface area (Å²) in [7, 11) is 0. The Morgan fingerprint density at radius 1 is 1.30 bits per heavy atom. The van der Waals surface area contributed by atoms with Crippen LogP contribution in [-0.4, -0.2) is 29.1 Å². The summed E-state index contributed by atoms with van der Waals surface area (Å²) >= 11 is 5.96. The maximum atomic E-state index is 13.7. The number of aromatic nitrogens is 2. The second-order valence-electron chi connectivity index (χ2n) is 6.71. The van der Waals surface area contributed by atoms with Crippen molar-refractivity contribution >= 4 is 29.0 Å². The van der Waals surface area contributed by atoms with E-state index in [2.05, 4.69) is 10.3 Å². The molecule has 2 heterocycles. The van der Waals surface area contributed by atoms with E-state index in [0.29, 0.717) is 0 Å². The van der Waals surface area contributed by atoms with Gasteiger partial charge in [-0.05, 0) is 36.1 Å². The monoisotopic (exact) mass is 411 g/mol. The Bertz CT molecular complexity index is 844. The van der Waals surface area contributed by atoms with Crippen molar-refractivity contribution in [2.24, 2.45) is 5.41 Å². The van der Waals surface area contributed by atoms with Crippen LogP contribution < -0.4 is 14.8 Å². The van der Waals surface area contributed by atoms with Gasteiger partial charge in [0.05, 0.1) is 6.20 Å². The van der Waals surface area contributed by atoms with Crippen LogP contribution in [0.4, 0.5) is 17.6 Å². The summed E-state index contributed by atoms with van der Waals surface area (Å²) in [5, 5.41) is 11.8. The molecule has 2 aromatic rings. The lowest BCUT2D eigenvalue weighted by Gasteiger charge is -2.27. The lowest BCUT2D eigenvalue weighted by atomic mass is 9.88. The number of aromatic amines is 1. The summed E-state index contributed by atoms with van der Waals surface area (Å²) in [6.07, 6.45) is -3.60. The first-order chi connectivity index (χ1) is 12.2. The molecule has 2 rings (SSSR count). The minimum Gasteiger partial charge on any atom is -0.542 e. The number of rotatable bonds is 2. The Balaban J connectivity index is 0.000000445. The molecule has 1 atom stereocenters. The van der Waals surface area contributed by atoms with E-state index in [-0.39, 0.29) is 33.9 Å². The molecule has 0 spiro atoms. The minimum atomic E-state index is -5.19. The highest BCUT2D eigenvalue weighted by Gasteiger charge is 2.30. The van der Waals surface area contributed by atoms with Crippen molar-refractivity contribution in [3.8, 4) is 0 Å². The number of carbonyl (C=O) groups is 2. The highest BCUT2D eigenvalue weighted by molar-refractivity contribution is 6.32. The third-order valence-corrected chi connectivity index (χ3v) is 3.99. The summed E-state index contributed by atoms with van der Waals surface area (Å²) in [4.78, 5) is 23.8. The molecular weight excluding hydrogens is 394 g/mol. The van der Waals surface area contributed by atoms with E-state index in [0.717, 1.165) is 0 Å². The van der Waals surface area contributed by atoms with E-state index in [9.17, 15) is 22.4 Å². The van der Waals surface area contributed by atoms with Gasteiger partial charge in [0.25, 0.3) is 0 Å². The number of carbonyl (C=O) groups excluding carboxylic acids is 2. The third-order valence-electron chi connectivity index (χ3n) is 3.71. The van der Waals surface area contributed by atoms with Gasteiger partial charge in [-0.25, -0.2) is 9.37 Å². The Morgan fingerprint density at radius 3 is 2.26 bits per heavy atom. The standard InChI is InChI=1S/C14H17ClFN3O.C2HF3O2/c1-8(14(2,3)4)17-13(20)12-18-11(15)10-9(16)6-5-7-19(10)12;3-2(4,5)1(6)7/h5-8H,1-4H3,(H,17,20);(H,6,7). The fourth-order valence-electron chi connectivity index (χ4n) is 1.75. The molecule has 0 fully saturated rings. The summed E-state index contributed by atoms with van der Waals surface area (Å²) in [5.74, 6) is -3.59. The van der Waals surface area contributed by atoms with Gasteiger partial charge in [-0.1, -0.05) is 20.8 Å². The number of pyridine rings is 1. The molecule has 2 aromatic heterocycles. The number of aliphatic carboxylic acids is 1. The van der Waals surface area contributed by atoms with Gasteiger partial charge in [0, 0.05) is 6.04 Å². The zero-order chi connectivity index (χ0) is 21.2. The predicted octanol–water partition coefficient (Wildman–Crippen LogP) is 2.01. The van der Waals surface area contributed by atoms with Gasteiger partial charge in [0.2, 0.25) is 10.7 Å². The number of hydrogen-bond donors (Lipinski definition) is 2. The summed E-state index contributed by atoms with van der Waals surface area (Å²) in [6.45, 7) is 8.02. The molecule has 11 heteroatoms. The van der Waals surface area contributed by atoms with Crippen LogP contribution in [0.15, 0.2) is 18.3 Å². The molecule has 0 aliphatic carbocycles. The number of carboxylic acids is 1. The Hall–Kier alpha value is -2.36. The number of H-pyrrole nitrogens is 1. The molecule has 150 valence electrons. The average molecular weight is 412 g/mol. The molecule has 1 unspecified atom stereocenters. The van der Waals surface area contributed by atoms with Crippen LogP contribution in [0.5, 0.6) is 0 Å². The van der Waals surface area contributed by atoms with Crippen molar-refractivity contribution in [1.82, 2.24) is 10.3 Å². The van der Waals surface area contributed by atoms with Crippen LogP contribution in [0.1, 0.15) is 38.3 Å². The van der Waals surface area contributed by atoms with E-state index < -0.39 is 18.0 Å². The molecule has 27 heavy (non-hydrogen) atoms. The van der Waals surface area contributed by atoms with E-state index in [1.165, 1.54) is 16.5 Å². The van der Waals surface area contributed by atoms with Crippen LogP contribution >= 0.6 is 11.6 Å². The number of amides is 1. The molecule has 6 nitrogen and oxygen atoms in total. The first-order valence-electron chi connectivity index (χ1n) is 7.62. The molecule has 0 radical (unpaired) electrons. The van der Waals surface area contributed by atoms with Gasteiger partial charge >= 0.3 is 17.9 Å². The molecule has 0 aliphatic rings. The first-order valence-corrected chi connectivity index (χ1v) is 8.00.